The van der Waals surface area contributed by atoms with Crippen LogP contribution in [0.3, 0.4) is 0 Å². The van der Waals surface area contributed by atoms with Crippen LogP contribution in [-0.4, -0.2) is 20.1 Å². The summed E-state index contributed by atoms with van der Waals surface area (Å²) >= 11 is 1.58. The summed E-state index contributed by atoms with van der Waals surface area (Å²) in [6, 6.07) is 3.90. The molecule has 3 aromatic heterocycles. The van der Waals surface area contributed by atoms with Gasteiger partial charge in [-0.2, -0.15) is 4.98 Å². The Morgan fingerprint density at radius 3 is 2.87 bits per heavy atom. The molecular formula is C15H16ClN5OS. The van der Waals surface area contributed by atoms with Crippen LogP contribution in [0, 0.1) is 0 Å². The first-order valence-corrected chi connectivity index (χ1v) is 8.08. The first-order chi connectivity index (χ1) is 10.7. The molecule has 2 N–H and O–H groups in total. The van der Waals surface area contributed by atoms with Crippen molar-refractivity contribution in [2.75, 3.05) is 0 Å². The van der Waals surface area contributed by atoms with Gasteiger partial charge in [-0.05, 0) is 31.4 Å². The fourth-order valence-corrected chi connectivity index (χ4v) is 3.29. The third-order valence-electron chi connectivity index (χ3n) is 3.95. The third kappa shape index (κ3) is 3.12. The molecule has 0 spiro atoms. The van der Waals surface area contributed by atoms with Crippen LogP contribution in [0.2, 0.25) is 0 Å². The molecule has 120 valence electrons. The lowest BCUT2D eigenvalue weighted by atomic mass is 9.77. The van der Waals surface area contributed by atoms with Crippen LogP contribution in [0.4, 0.5) is 0 Å². The molecule has 1 saturated carbocycles. The number of halogens is 1. The summed E-state index contributed by atoms with van der Waals surface area (Å²) in [6.45, 7) is 0. The van der Waals surface area contributed by atoms with Crippen LogP contribution in [0.15, 0.2) is 34.4 Å². The van der Waals surface area contributed by atoms with Gasteiger partial charge >= 0.3 is 0 Å². The van der Waals surface area contributed by atoms with Gasteiger partial charge in [0.2, 0.25) is 5.89 Å². The molecule has 3 aromatic rings. The van der Waals surface area contributed by atoms with Gasteiger partial charge in [0, 0.05) is 23.3 Å². The second kappa shape index (κ2) is 6.35. The van der Waals surface area contributed by atoms with Crippen molar-refractivity contribution in [3.05, 3.63) is 47.3 Å². The molecule has 0 saturated heterocycles. The summed E-state index contributed by atoms with van der Waals surface area (Å²) < 4.78 is 5.32. The summed E-state index contributed by atoms with van der Waals surface area (Å²) in [6.07, 6.45) is 7.06. The average molecular weight is 350 g/mol. The van der Waals surface area contributed by atoms with E-state index in [1.807, 2.05) is 23.7 Å². The minimum Gasteiger partial charge on any atom is -0.339 e. The van der Waals surface area contributed by atoms with Gasteiger partial charge in [0.15, 0.2) is 5.82 Å². The molecule has 1 aliphatic carbocycles. The molecule has 23 heavy (non-hydrogen) atoms. The van der Waals surface area contributed by atoms with Gasteiger partial charge in [0.05, 0.1) is 17.7 Å². The van der Waals surface area contributed by atoms with Gasteiger partial charge in [-0.3, -0.25) is 4.98 Å². The van der Waals surface area contributed by atoms with Crippen molar-refractivity contribution in [2.45, 2.75) is 31.2 Å². The lowest BCUT2D eigenvalue weighted by molar-refractivity contribution is 0.229. The number of nitrogens with two attached hydrogens (primary N) is 1. The quantitative estimate of drug-likeness (QED) is 0.778. The Morgan fingerprint density at radius 1 is 1.30 bits per heavy atom. The Labute approximate surface area is 143 Å². The Balaban J connectivity index is 0.00000156. The minimum atomic E-state index is -0.384. The first-order valence-electron chi connectivity index (χ1n) is 7.20. The summed E-state index contributed by atoms with van der Waals surface area (Å²) in [5, 5.41) is 6.98. The summed E-state index contributed by atoms with van der Waals surface area (Å²) in [5.41, 5.74) is 7.75. The zero-order valence-electron chi connectivity index (χ0n) is 12.3. The molecule has 0 atom stereocenters. The van der Waals surface area contributed by atoms with Gasteiger partial charge in [0.1, 0.15) is 5.01 Å². The number of hydrogen-bond acceptors (Lipinski definition) is 7. The molecule has 1 fully saturated rings. The Kier molecular flexibility index (Phi) is 4.43. The number of nitrogens with zero attached hydrogens (tertiary/aromatic N) is 4. The molecule has 0 aliphatic heterocycles. The van der Waals surface area contributed by atoms with E-state index in [0.29, 0.717) is 18.1 Å². The molecule has 3 heterocycles. The van der Waals surface area contributed by atoms with Crippen molar-refractivity contribution in [1.29, 1.82) is 0 Å². The van der Waals surface area contributed by atoms with Gasteiger partial charge in [0.25, 0.3) is 0 Å². The lowest BCUT2D eigenvalue weighted by Crippen LogP contribution is -2.44. The highest BCUT2D eigenvalue weighted by Crippen LogP contribution is 2.37. The normalized spacial score (nSPS) is 15.7. The van der Waals surface area contributed by atoms with E-state index < -0.39 is 0 Å². The van der Waals surface area contributed by atoms with Crippen molar-refractivity contribution in [2.24, 2.45) is 5.73 Å². The van der Waals surface area contributed by atoms with Gasteiger partial charge < -0.3 is 10.3 Å². The second-order valence-corrected chi connectivity index (χ2v) is 6.44. The van der Waals surface area contributed by atoms with Gasteiger partial charge in [-0.1, -0.05) is 5.16 Å². The van der Waals surface area contributed by atoms with Crippen molar-refractivity contribution in [1.82, 2.24) is 20.1 Å². The Morgan fingerprint density at radius 2 is 2.17 bits per heavy atom. The van der Waals surface area contributed by atoms with Crippen molar-refractivity contribution in [3.63, 3.8) is 0 Å². The predicted octanol–water partition coefficient (Wildman–Crippen LogP) is 2.94. The van der Waals surface area contributed by atoms with E-state index in [0.717, 1.165) is 35.5 Å². The van der Waals surface area contributed by atoms with E-state index >= 15 is 0 Å². The summed E-state index contributed by atoms with van der Waals surface area (Å²) in [4.78, 5) is 13.1. The molecular weight excluding hydrogens is 334 g/mol. The second-order valence-electron chi connectivity index (χ2n) is 5.58. The number of pyridine rings is 1. The van der Waals surface area contributed by atoms with E-state index in [4.69, 9.17) is 10.3 Å². The molecule has 0 bridgehead atoms. The minimum absolute atomic E-state index is 0. The van der Waals surface area contributed by atoms with Crippen LogP contribution in [0.5, 0.6) is 0 Å². The molecule has 0 unspecified atom stereocenters. The van der Waals surface area contributed by atoms with E-state index in [-0.39, 0.29) is 17.9 Å². The highest BCUT2D eigenvalue weighted by Gasteiger charge is 2.38. The number of rotatable bonds is 4. The smallest absolute Gasteiger partial charge is 0.232 e. The first kappa shape index (κ1) is 16.0. The number of hydrogen-bond donors (Lipinski definition) is 1. The SMILES string of the molecule is Cl.NC1(c2noc(Cc3csc(-c4cccnc4)n3)n2)CCC1. The molecule has 6 nitrogen and oxygen atoms in total. The van der Waals surface area contributed by atoms with Crippen LogP contribution in [0.1, 0.15) is 36.7 Å². The topological polar surface area (TPSA) is 90.7 Å². The zero-order chi connectivity index (χ0) is 15.0. The molecule has 0 amide bonds. The Hall–Kier alpha value is -1.83. The molecule has 0 aromatic carbocycles. The standard InChI is InChI=1S/C15H15N5OS.ClH/c16-15(4-2-5-15)14-19-12(21-20-14)7-11-9-22-13(18-11)10-3-1-6-17-8-10;/h1,3,6,8-9H,2,4-5,7,16H2;1H. The van der Waals surface area contributed by atoms with E-state index in [1.165, 1.54) is 0 Å². The highest BCUT2D eigenvalue weighted by molar-refractivity contribution is 7.13. The largest absolute Gasteiger partial charge is 0.339 e. The van der Waals surface area contributed by atoms with E-state index in [1.54, 1.807) is 17.5 Å². The van der Waals surface area contributed by atoms with E-state index in [2.05, 4.69) is 20.1 Å². The van der Waals surface area contributed by atoms with Crippen LogP contribution >= 0.6 is 23.7 Å². The zero-order valence-corrected chi connectivity index (χ0v) is 13.9. The van der Waals surface area contributed by atoms with E-state index in [9.17, 15) is 0 Å². The maximum absolute atomic E-state index is 6.21. The highest BCUT2D eigenvalue weighted by atomic mass is 35.5. The Bertz CT molecular complexity index is 784. The molecule has 1 aliphatic rings. The van der Waals surface area contributed by atoms with Crippen molar-refractivity contribution < 1.29 is 4.52 Å². The summed E-state index contributed by atoms with van der Waals surface area (Å²) in [7, 11) is 0. The van der Waals surface area contributed by atoms with Crippen LogP contribution in [-0.2, 0) is 12.0 Å². The van der Waals surface area contributed by atoms with Crippen molar-refractivity contribution >= 4 is 23.7 Å². The van der Waals surface area contributed by atoms with Crippen molar-refractivity contribution in [3.8, 4) is 10.6 Å². The van der Waals surface area contributed by atoms with Crippen LogP contribution in [0.25, 0.3) is 10.6 Å². The number of aromatic nitrogens is 4. The van der Waals surface area contributed by atoms with Crippen LogP contribution < -0.4 is 5.73 Å². The average Bonchev–Trinajstić information content (AvgIpc) is 3.16. The maximum Gasteiger partial charge on any atom is 0.232 e. The monoisotopic (exact) mass is 349 g/mol. The number of thiazole rings is 1. The molecule has 0 radical (unpaired) electrons. The fraction of sp³-hybridized carbons (Fsp3) is 0.333. The molecule has 8 heteroatoms. The lowest BCUT2D eigenvalue weighted by Gasteiger charge is -2.34. The molecule has 4 rings (SSSR count). The van der Waals surface area contributed by atoms with Gasteiger partial charge in [-0.25, -0.2) is 4.98 Å². The fourth-order valence-electron chi connectivity index (χ4n) is 2.48. The predicted molar refractivity (Wildman–Crippen MR) is 89.4 cm³/mol. The summed E-state index contributed by atoms with van der Waals surface area (Å²) in [5.74, 6) is 1.19. The van der Waals surface area contributed by atoms with Gasteiger partial charge in [-0.15, -0.1) is 23.7 Å². The third-order valence-corrected chi connectivity index (χ3v) is 4.89. The maximum atomic E-state index is 6.21.